The first-order valence-corrected chi connectivity index (χ1v) is 8.23. The predicted molar refractivity (Wildman–Crippen MR) is 89.2 cm³/mol. The van der Waals surface area contributed by atoms with E-state index in [1.807, 2.05) is 30.9 Å². The molecule has 1 amide bonds. The second-order valence-electron chi connectivity index (χ2n) is 6.24. The van der Waals surface area contributed by atoms with Gasteiger partial charge in [0, 0.05) is 19.1 Å². The van der Waals surface area contributed by atoms with Crippen LogP contribution in [0, 0.1) is 12.8 Å². The zero-order valence-corrected chi connectivity index (χ0v) is 14.3. The Morgan fingerprint density at radius 2 is 2.18 bits per heavy atom. The van der Waals surface area contributed by atoms with Crippen LogP contribution in [0.4, 0.5) is 0 Å². The van der Waals surface area contributed by atoms with E-state index in [4.69, 9.17) is 22.1 Å². The predicted octanol–water partition coefficient (Wildman–Crippen LogP) is 3.00. The number of aryl methyl sites for hydroxylation is 1. The Kier molecular flexibility index (Phi) is 5.70. The van der Waals surface area contributed by atoms with Gasteiger partial charge in [0.1, 0.15) is 5.75 Å². The summed E-state index contributed by atoms with van der Waals surface area (Å²) in [7, 11) is 0. The molecular formula is C17H25ClN2O2. The Morgan fingerprint density at radius 3 is 2.86 bits per heavy atom. The van der Waals surface area contributed by atoms with Gasteiger partial charge < -0.3 is 15.4 Å². The SMILES string of the molecule is Cc1ccc(Cl)c(O[C@H](C)C(=O)N2CCC[C@H]([C@H](C)N)C2)c1. The number of carbonyl (C=O) groups excluding carboxylic acids is 1. The lowest BCUT2D eigenvalue weighted by Gasteiger charge is -2.35. The monoisotopic (exact) mass is 324 g/mol. The van der Waals surface area contributed by atoms with E-state index in [9.17, 15) is 4.79 Å². The van der Waals surface area contributed by atoms with Gasteiger partial charge in [-0.1, -0.05) is 17.7 Å². The Hall–Kier alpha value is -1.26. The number of hydrogen-bond acceptors (Lipinski definition) is 3. The van der Waals surface area contributed by atoms with Crippen LogP contribution in [0.15, 0.2) is 18.2 Å². The molecule has 1 fully saturated rings. The minimum atomic E-state index is -0.550. The van der Waals surface area contributed by atoms with Crippen molar-refractivity contribution in [3.63, 3.8) is 0 Å². The van der Waals surface area contributed by atoms with E-state index >= 15 is 0 Å². The Balaban J connectivity index is 2.01. The van der Waals surface area contributed by atoms with Crippen molar-refractivity contribution in [3.8, 4) is 5.75 Å². The van der Waals surface area contributed by atoms with E-state index in [1.54, 1.807) is 13.0 Å². The van der Waals surface area contributed by atoms with E-state index in [2.05, 4.69) is 0 Å². The van der Waals surface area contributed by atoms with Crippen LogP contribution in [0.5, 0.6) is 5.75 Å². The van der Waals surface area contributed by atoms with Crippen molar-refractivity contribution in [1.29, 1.82) is 0 Å². The molecule has 0 radical (unpaired) electrons. The molecule has 22 heavy (non-hydrogen) atoms. The topological polar surface area (TPSA) is 55.6 Å². The number of amides is 1. The summed E-state index contributed by atoms with van der Waals surface area (Å²) in [5.74, 6) is 0.929. The summed E-state index contributed by atoms with van der Waals surface area (Å²) in [5, 5.41) is 0.525. The van der Waals surface area contributed by atoms with E-state index in [0.717, 1.165) is 24.9 Å². The van der Waals surface area contributed by atoms with Gasteiger partial charge in [-0.2, -0.15) is 0 Å². The molecule has 2 rings (SSSR count). The normalized spacial score (nSPS) is 21.3. The van der Waals surface area contributed by atoms with E-state index in [1.165, 1.54) is 0 Å². The van der Waals surface area contributed by atoms with Gasteiger partial charge in [0.2, 0.25) is 0 Å². The van der Waals surface area contributed by atoms with Gasteiger partial charge in [0.05, 0.1) is 5.02 Å². The lowest BCUT2D eigenvalue weighted by molar-refractivity contribution is -0.139. The minimum absolute atomic E-state index is 0.00271. The zero-order chi connectivity index (χ0) is 16.3. The second-order valence-corrected chi connectivity index (χ2v) is 6.65. The average Bonchev–Trinajstić information content (AvgIpc) is 2.50. The van der Waals surface area contributed by atoms with Crippen molar-refractivity contribution >= 4 is 17.5 Å². The van der Waals surface area contributed by atoms with Crippen LogP contribution in [0.3, 0.4) is 0 Å². The van der Waals surface area contributed by atoms with Crippen LogP contribution >= 0.6 is 11.6 Å². The molecule has 0 aromatic heterocycles. The summed E-state index contributed by atoms with van der Waals surface area (Å²) in [4.78, 5) is 14.5. The largest absolute Gasteiger partial charge is 0.479 e. The highest BCUT2D eigenvalue weighted by Gasteiger charge is 2.29. The maximum atomic E-state index is 12.6. The fourth-order valence-corrected chi connectivity index (χ4v) is 3.00. The summed E-state index contributed by atoms with van der Waals surface area (Å²) in [6.45, 7) is 7.23. The number of nitrogens with zero attached hydrogens (tertiary/aromatic N) is 1. The molecule has 122 valence electrons. The molecule has 0 spiro atoms. The Bertz CT molecular complexity index is 533. The Morgan fingerprint density at radius 1 is 1.45 bits per heavy atom. The minimum Gasteiger partial charge on any atom is -0.479 e. The quantitative estimate of drug-likeness (QED) is 0.926. The number of nitrogens with two attached hydrogens (primary N) is 1. The van der Waals surface area contributed by atoms with Gasteiger partial charge in [-0.25, -0.2) is 0 Å². The number of ether oxygens (including phenoxy) is 1. The van der Waals surface area contributed by atoms with Gasteiger partial charge in [-0.05, 0) is 57.2 Å². The molecular weight excluding hydrogens is 300 g/mol. The van der Waals surface area contributed by atoms with Gasteiger partial charge >= 0.3 is 0 Å². The van der Waals surface area contributed by atoms with Crippen LogP contribution in [-0.4, -0.2) is 36.0 Å². The molecule has 1 aromatic carbocycles. The molecule has 2 N–H and O–H groups in total. The van der Waals surface area contributed by atoms with Gasteiger partial charge in [-0.3, -0.25) is 4.79 Å². The number of hydrogen-bond donors (Lipinski definition) is 1. The molecule has 0 unspecified atom stereocenters. The molecule has 1 aliphatic rings. The molecule has 1 saturated heterocycles. The number of halogens is 1. The van der Waals surface area contributed by atoms with Crippen molar-refractivity contribution in [2.75, 3.05) is 13.1 Å². The maximum Gasteiger partial charge on any atom is 0.263 e. The molecule has 1 aliphatic heterocycles. The summed E-state index contributed by atoms with van der Waals surface area (Å²) in [6.07, 6.45) is 1.53. The molecule has 0 saturated carbocycles. The number of carbonyl (C=O) groups is 1. The van der Waals surface area contributed by atoms with E-state index in [0.29, 0.717) is 23.2 Å². The summed E-state index contributed by atoms with van der Waals surface area (Å²) < 4.78 is 5.78. The van der Waals surface area contributed by atoms with E-state index in [-0.39, 0.29) is 11.9 Å². The number of benzene rings is 1. The van der Waals surface area contributed by atoms with E-state index < -0.39 is 6.10 Å². The zero-order valence-electron chi connectivity index (χ0n) is 13.5. The van der Waals surface area contributed by atoms with Crippen LogP contribution in [0.25, 0.3) is 0 Å². The molecule has 5 heteroatoms. The third-order valence-corrected chi connectivity index (χ3v) is 4.56. The molecule has 4 nitrogen and oxygen atoms in total. The summed E-state index contributed by atoms with van der Waals surface area (Å²) in [5.41, 5.74) is 7.03. The Labute approximate surface area is 137 Å². The summed E-state index contributed by atoms with van der Waals surface area (Å²) in [6, 6.07) is 5.67. The van der Waals surface area contributed by atoms with Gasteiger partial charge in [-0.15, -0.1) is 0 Å². The second kappa shape index (κ2) is 7.34. The van der Waals surface area contributed by atoms with Crippen molar-refractivity contribution in [2.45, 2.75) is 45.8 Å². The van der Waals surface area contributed by atoms with Crippen LogP contribution in [-0.2, 0) is 4.79 Å². The number of likely N-dealkylation sites (tertiary alicyclic amines) is 1. The molecule has 0 bridgehead atoms. The maximum absolute atomic E-state index is 12.6. The molecule has 3 atom stereocenters. The van der Waals surface area contributed by atoms with Crippen LogP contribution in [0.1, 0.15) is 32.3 Å². The lowest BCUT2D eigenvalue weighted by Crippen LogP contribution is -2.48. The molecule has 1 aromatic rings. The number of piperidine rings is 1. The third-order valence-electron chi connectivity index (χ3n) is 4.25. The highest BCUT2D eigenvalue weighted by Crippen LogP contribution is 2.27. The fourth-order valence-electron chi connectivity index (χ4n) is 2.84. The van der Waals surface area contributed by atoms with Gasteiger partial charge in [0.25, 0.3) is 5.91 Å². The highest BCUT2D eigenvalue weighted by atomic mass is 35.5. The van der Waals surface area contributed by atoms with Gasteiger partial charge in [0.15, 0.2) is 6.10 Å². The first-order valence-electron chi connectivity index (χ1n) is 7.85. The van der Waals surface area contributed by atoms with Crippen LogP contribution in [0.2, 0.25) is 5.02 Å². The summed E-state index contributed by atoms with van der Waals surface area (Å²) >= 11 is 6.13. The standard InChI is InChI=1S/C17H25ClN2O2/c1-11-6-7-15(18)16(9-11)22-13(3)17(21)20-8-4-5-14(10-20)12(2)19/h6-7,9,12-14H,4-5,8,10,19H2,1-3H3/t12-,13+,14-/m0/s1. The first kappa shape index (κ1) is 17.1. The fraction of sp³-hybridized carbons (Fsp3) is 0.588. The van der Waals surface area contributed by atoms with Crippen molar-refractivity contribution in [2.24, 2.45) is 11.7 Å². The smallest absolute Gasteiger partial charge is 0.263 e. The van der Waals surface area contributed by atoms with Crippen molar-refractivity contribution in [3.05, 3.63) is 28.8 Å². The average molecular weight is 325 g/mol. The molecule has 0 aliphatic carbocycles. The number of rotatable bonds is 4. The first-order chi connectivity index (χ1) is 10.4. The molecule has 1 heterocycles. The highest BCUT2D eigenvalue weighted by molar-refractivity contribution is 6.32. The lowest BCUT2D eigenvalue weighted by atomic mass is 9.92. The van der Waals surface area contributed by atoms with Crippen molar-refractivity contribution in [1.82, 2.24) is 4.90 Å². The third kappa shape index (κ3) is 4.14. The van der Waals surface area contributed by atoms with Crippen molar-refractivity contribution < 1.29 is 9.53 Å². The van der Waals surface area contributed by atoms with Crippen LogP contribution < -0.4 is 10.5 Å².